The molecule has 14 heavy (non-hydrogen) atoms. The third kappa shape index (κ3) is 3.29. The van der Waals surface area contributed by atoms with Crippen LogP contribution in [0.5, 0.6) is 5.75 Å². The van der Waals surface area contributed by atoms with E-state index in [9.17, 15) is 4.79 Å². The minimum absolute atomic E-state index is 0. The number of nitrogens with two attached hydrogens (primary N) is 2. The van der Waals surface area contributed by atoms with Gasteiger partial charge in [0, 0.05) is 5.56 Å². The zero-order valence-electron chi connectivity index (χ0n) is 7.06. The summed E-state index contributed by atoms with van der Waals surface area (Å²) in [6.45, 7) is 0. The maximum Gasteiger partial charge on any atom is 0.265 e. The van der Waals surface area contributed by atoms with Crippen LogP contribution < -0.4 is 17.0 Å². The predicted octanol–water partition coefficient (Wildman–Crippen LogP) is 0.422. The maximum absolute atomic E-state index is 10.9. The Kier molecular flexibility index (Phi) is 6.90. The first-order chi connectivity index (χ1) is 5.65. The van der Waals surface area contributed by atoms with Crippen molar-refractivity contribution in [2.24, 2.45) is 5.84 Å². The third-order valence-electron chi connectivity index (χ3n) is 1.42. The molecule has 0 radical (unpaired) electrons. The second-order valence-corrected chi connectivity index (χ2v) is 2.25. The number of nitrogen functional groups attached to an aromatic ring is 2. The fourth-order valence-electron chi connectivity index (χ4n) is 0.779. The van der Waals surface area contributed by atoms with Crippen LogP contribution in [0.15, 0.2) is 18.2 Å². The summed E-state index contributed by atoms with van der Waals surface area (Å²) >= 11 is 0. The van der Waals surface area contributed by atoms with Crippen molar-refractivity contribution in [2.75, 3.05) is 5.73 Å². The standard InChI is InChI=1S/C7H9N3O2.2ClH/c8-5-3-4(7(12)10-9)1-2-6(5)11;;/h1-3,11H,8-9H2,(H,10,12);2*1H. The van der Waals surface area contributed by atoms with E-state index in [2.05, 4.69) is 0 Å². The second-order valence-electron chi connectivity index (χ2n) is 2.25. The lowest BCUT2D eigenvalue weighted by Crippen LogP contribution is -2.29. The van der Waals surface area contributed by atoms with Crippen LogP contribution in [-0.4, -0.2) is 11.0 Å². The Balaban J connectivity index is 0. The van der Waals surface area contributed by atoms with Crippen LogP contribution >= 0.6 is 24.8 Å². The van der Waals surface area contributed by atoms with Gasteiger partial charge in [-0.3, -0.25) is 10.2 Å². The van der Waals surface area contributed by atoms with Crippen molar-refractivity contribution in [3.05, 3.63) is 23.8 Å². The molecule has 0 aromatic heterocycles. The topological polar surface area (TPSA) is 101 Å². The third-order valence-corrected chi connectivity index (χ3v) is 1.42. The van der Waals surface area contributed by atoms with Gasteiger partial charge in [0.1, 0.15) is 5.75 Å². The van der Waals surface area contributed by atoms with Crippen molar-refractivity contribution >= 4 is 36.4 Å². The average molecular weight is 240 g/mol. The second kappa shape index (κ2) is 6.31. The van der Waals surface area contributed by atoms with Crippen LogP contribution in [0.25, 0.3) is 0 Å². The molecule has 0 saturated carbocycles. The Morgan fingerprint density at radius 1 is 1.36 bits per heavy atom. The highest BCUT2D eigenvalue weighted by molar-refractivity contribution is 5.94. The summed E-state index contributed by atoms with van der Waals surface area (Å²) in [5.74, 6) is 4.39. The minimum Gasteiger partial charge on any atom is -0.506 e. The van der Waals surface area contributed by atoms with E-state index in [0.29, 0.717) is 5.56 Å². The highest BCUT2D eigenvalue weighted by Gasteiger charge is 2.04. The first kappa shape index (κ1) is 15.3. The van der Waals surface area contributed by atoms with Crippen LogP contribution in [0.3, 0.4) is 0 Å². The van der Waals surface area contributed by atoms with E-state index in [1.54, 1.807) is 0 Å². The summed E-state index contributed by atoms with van der Waals surface area (Å²) in [4.78, 5) is 10.9. The summed E-state index contributed by atoms with van der Waals surface area (Å²) in [6.07, 6.45) is 0. The average Bonchev–Trinajstić information content (AvgIpc) is 2.08. The summed E-state index contributed by atoms with van der Waals surface area (Å²) in [7, 11) is 0. The van der Waals surface area contributed by atoms with Crippen molar-refractivity contribution in [1.82, 2.24) is 5.43 Å². The number of aromatic hydroxyl groups is 1. The first-order valence-corrected chi connectivity index (χ1v) is 3.24. The molecule has 0 fully saturated rings. The van der Waals surface area contributed by atoms with Gasteiger partial charge >= 0.3 is 0 Å². The minimum atomic E-state index is -0.443. The smallest absolute Gasteiger partial charge is 0.265 e. The number of carbonyl (C=O) groups excluding carboxylic acids is 1. The summed E-state index contributed by atoms with van der Waals surface area (Å²) in [5, 5.41) is 9.01. The van der Waals surface area contributed by atoms with Gasteiger partial charge in [-0.15, -0.1) is 24.8 Å². The molecule has 1 amide bonds. The zero-order chi connectivity index (χ0) is 9.14. The van der Waals surface area contributed by atoms with Crippen LogP contribution in [0.1, 0.15) is 10.4 Å². The molecular weight excluding hydrogens is 229 g/mol. The molecule has 0 saturated heterocycles. The molecular formula is C7H11Cl2N3O2. The number of rotatable bonds is 1. The number of amides is 1. The Hall–Kier alpha value is -1.17. The van der Waals surface area contributed by atoms with Crippen LogP contribution in [-0.2, 0) is 0 Å². The normalized spacial score (nSPS) is 8.07. The lowest BCUT2D eigenvalue weighted by Gasteiger charge is -2.01. The highest BCUT2D eigenvalue weighted by atomic mass is 35.5. The van der Waals surface area contributed by atoms with E-state index in [-0.39, 0.29) is 36.3 Å². The highest BCUT2D eigenvalue weighted by Crippen LogP contribution is 2.19. The summed E-state index contributed by atoms with van der Waals surface area (Å²) in [6, 6.07) is 4.10. The monoisotopic (exact) mass is 239 g/mol. The van der Waals surface area contributed by atoms with Gasteiger partial charge < -0.3 is 10.8 Å². The predicted molar refractivity (Wildman–Crippen MR) is 58.7 cm³/mol. The van der Waals surface area contributed by atoms with Crippen molar-refractivity contribution in [3.63, 3.8) is 0 Å². The summed E-state index contributed by atoms with van der Waals surface area (Å²) < 4.78 is 0. The largest absolute Gasteiger partial charge is 0.506 e. The van der Waals surface area contributed by atoms with E-state index in [1.165, 1.54) is 18.2 Å². The van der Waals surface area contributed by atoms with E-state index < -0.39 is 5.91 Å². The number of phenolic OH excluding ortho intramolecular Hbond substituents is 1. The number of carbonyl (C=O) groups is 1. The molecule has 80 valence electrons. The number of nitrogens with one attached hydrogen (secondary N) is 1. The zero-order valence-corrected chi connectivity index (χ0v) is 8.69. The Labute approximate surface area is 93.3 Å². The molecule has 0 heterocycles. The molecule has 0 unspecified atom stereocenters. The molecule has 5 nitrogen and oxygen atoms in total. The molecule has 0 spiro atoms. The van der Waals surface area contributed by atoms with Crippen LogP contribution in [0.2, 0.25) is 0 Å². The molecule has 0 aliphatic rings. The number of phenols is 1. The Morgan fingerprint density at radius 2 is 1.93 bits per heavy atom. The number of benzene rings is 1. The van der Waals surface area contributed by atoms with Crippen LogP contribution in [0.4, 0.5) is 5.69 Å². The van der Waals surface area contributed by atoms with Gasteiger partial charge in [-0.2, -0.15) is 0 Å². The Bertz CT molecular complexity index is 320. The van der Waals surface area contributed by atoms with E-state index in [1.807, 2.05) is 5.43 Å². The molecule has 1 aromatic carbocycles. The fourth-order valence-corrected chi connectivity index (χ4v) is 0.779. The van der Waals surface area contributed by atoms with Crippen molar-refractivity contribution in [3.8, 4) is 5.75 Å². The lowest BCUT2D eigenvalue weighted by molar-refractivity contribution is 0.0953. The number of hydrogen-bond acceptors (Lipinski definition) is 4. The van der Waals surface area contributed by atoms with E-state index in [4.69, 9.17) is 16.7 Å². The number of hydrogen-bond donors (Lipinski definition) is 4. The van der Waals surface area contributed by atoms with Gasteiger partial charge in [-0.25, -0.2) is 5.84 Å². The van der Waals surface area contributed by atoms with Gasteiger partial charge in [-0.05, 0) is 18.2 Å². The van der Waals surface area contributed by atoms with Crippen LogP contribution in [0, 0.1) is 0 Å². The maximum atomic E-state index is 10.9. The number of halogens is 2. The van der Waals surface area contributed by atoms with Crippen molar-refractivity contribution in [2.45, 2.75) is 0 Å². The van der Waals surface area contributed by atoms with Gasteiger partial charge in [0.05, 0.1) is 5.69 Å². The Morgan fingerprint density at radius 3 is 2.36 bits per heavy atom. The van der Waals surface area contributed by atoms with Gasteiger partial charge in [0.15, 0.2) is 0 Å². The van der Waals surface area contributed by atoms with Gasteiger partial charge in [-0.1, -0.05) is 0 Å². The van der Waals surface area contributed by atoms with Gasteiger partial charge in [0.25, 0.3) is 5.91 Å². The van der Waals surface area contributed by atoms with Gasteiger partial charge in [0.2, 0.25) is 0 Å². The molecule has 7 heteroatoms. The molecule has 0 bridgehead atoms. The molecule has 1 rings (SSSR count). The molecule has 0 aliphatic carbocycles. The van der Waals surface area contributed by atoms with E-state index in [0.717, 1.165) is 0 Å². The first-order valence-electron chi connectivity index (χ1n) is 3.24. The lowest BCUT2D eigenvalue weighted by atomic mass is 10.2. The fraction of sp³-hybridized carbons (Fsp3) is 0. The molecule has 6 N–H and O–H groups in total. The quantitative estimate of drug-likeness (QED) is 0.188. The SMILES string of the molecule is Cl.Cl.NNC(=O)c1ccc(O)c(N)c1. The number of hydrazine groups is 1. The van der Waals surface area contributed by atoms with E-state index >= 15 is 0 Å². The molecule has 1 aromatic rings. The molecule has 0 atom stereocenters. The summed E-state index contributed by atoms with van der Waals surface area (Å²) in [5.41, 5.74) is 7.76. The van der Waals surface area contributed by atoms with Crippen molar-refractivity contribution < 1.29 is 9.90 Å². The number of anilines is 1. The van der Waals surface area contributed by atoms with Crippen molar-refractivity contribution in [1.29, 1.82) is 0 Å². The molecule has 0 aliphatic heterocycles.